The van der Waals surface area contributed by atoms with Crippen LogP contribution < -0.4 is 0 Å². The zero-order valence-electron chi connectivity index (χ0n) is 9.18. The van der Waals surface area contributed by atoms with Crippen LogP contribution in [0.1, 0.15) is 0 Å². The highest BCUT2D eigenvalue weighted by molar-refractivity contribution is 8.16. The van der Waals surface area contributed by atoms with Gasteiger partial charge in [-0.1, -0.05) is 39.3 Å². The quantitative estimate of drug-likeness (QED) is 0.576. The minimum atomic E-state index is -3.38. The van der Waals surface area contributed by atoms with Gasteiger partial charge in [0.2, 0.25) is 9.05 Å². The van der Waals surface area contributed by atoms with Crippen LogP contribution in [0.15, 0.2) is 0 Å². The largest absolute Gasteiger partial charge is 0.230 e. The van der Waals surface area contributed by atoms with Crippen LogP contribution in [0.25, 0.3) is 0 Å². The highest BCUT2D eigenvalue weighted by Crippen LogP contribution is 2.28. The highest BCUT2D eigenvalue weighted by atomic mass is 35.7. The van der Waals surface area contributed by atoms with Gasteiger partial charge in [-0.15, -0.1) is 0 Å². The van der Waals surface area contributed by atoms with Crippen molar-refractivity contribution in [1.82, 2.24) is 0 Å². The van der Waals surface area contributed by atoms with Crippen molar-refractivity contribution in [2.75, 3.05) is 0 Å². The van der Waals surface area contributed by atoms with E-state index in [1.165, 1.54) is 0 Å². The molecule has 0 radical (unpaired) electrons. The predicted molar refractivity (Wildman–Crippen MR) is 65.3 cm³/mol. The Labute approximate surface area is 88.1 Å². The van der Waals surface area contributed by atoms with Crippen molar-refractivity contribution in [1.29, 1.82) is 0 Å². The maximum absolute atomic E-state index is 11.5. The zero-order valence-corrected chi connectivity index (χ0v) is 12.8. The second-order valence-corrected chi connectivity index (χ2v) is 20.3. The van der Waals surface area contributed by atoms with Crippen molar-refractivity contribution in [3.05, 3.63) is 0 Å². The van der Waals surface area contributed by atoms with Crippen molar-refractivity contribution in [3.8, 4) is 0 Å². The molecule has 0 atom stereocenters. The SMILES string of the molecule is C[Si](C)(C)C([Si](C)(C)C)S(=O)(=O)Cl. The zero-order chi connectivity index (χ0) is 11.1. The van der Waals surface area contributed by atoms with Crippen LogP contribution >= 0.6 is 10.7 Å². The van der Waals surface area contributed by atoms with E-state index in [1.54, 1.807) is 0 Å². The molecule has 2 nitrogen and oxygen atoms in total. The third-order valence-corrected chi connectivity index (χ3v) is 18.3. The fourth-order valence-corrected chi connectivity index (χ4v) is 24.1. The number of hydrogen-bond donors (Lipinski definition) is 0. The molecule has 0 aliphatic rings. The molecule has 6 heteroatoms. The second kappa shape index (κ2) is 3.68. The van der Waals surface area contributed by atoms with Crippen LogP contribution in [0.3, 0.4) is 0 Å². The molecule has 0 amide bonds. The van der Waals surface area contributed by atoms with Gasteiger partial charge in [-0.3, -0.25) is 0 Å². The van der Waals surface area contributed by atoms with E-state index in [0.717, 1.165) is 0 Å². The molecule has 0 spiro atoms. The summed E-state index contributed by atoms with van der Waals surface area (Å²) in [5, 5.41) is 0. The van der Waals surface area contributed by atoms with Gasteiger partial charge in [0.25, 0.3) is 0 Å². The first-order valence-corrected chi connectivity index (χ1v) is 13.8. The van der Waals surface area contributed by atoms with Crippen molar-refractivity contribution in [3.63, 3.8) is 0 Å². The molecule has 0 fully saturated rings. The van der Waals surface area contributed by atoms with Crippen molar-refractivity contribution in [2.24, 2.45) is 0 Å². The molecule has 0 unspecified atom stereocenters. The Balaban J connectivity index is 5.28. The Morgan fingerprint density at radius 3 is 1.15 bits per heavy atom. The molecule has 80 valence electrons. The summed E-state index contributed by atoms with van der Waals surface area (Å²) in [5.74, 6) is 0. The lowest BCUT2D eigenvalue weighted by Gasteiger charge is -2.35. The summed E-state index contributed by atoms with van der Waals surface area (Å²) in [6.07, 6.45) is 0. The number of rotatable bonds is 3. The van der Waals surface area contributed by atoms with Crippen LogP contribution in [-0.2, 0) is 9.05 Å². The van der Waals surface area contributed by atoms with Crippen LogP contribution in [0.2, 0.25) is 39.3 Å². The first-order chi connectivity index (χ1) is 5.37. The minimum absolute atomic E-state index is 0.255. The van der Waals surface area contributed by atoms with Gasteiger partial charge in [-0.2, -0.15) is 0 Å². The summed E-state index contributed by atoms with van der Waals surface area (Å²) in [7, 11) is -1.31. The number of halogens is 1. The van der Waals surface area contributed by atoms with Crippen LogP contribution in [0.4, 0.5) is 0 Å². The third kappa shape index (κ3) is 4.14. The Morgan fingerprint density at radius 2 is 1.15 bits per heavy atom. The normalized spacial score (nSPS) is 15.1. The van der Waals surface area contributed by atoms with E-state index in [-0.39, 0.29) is 4.50 Å². The molecule has 0 aromatic heterocycles. The van der Waals surface area contributed by atoms with Crippen molar-refractivity contribution >= 4 is 35.9 Å². The average Bonchev–Trinajstić information content (AvgIpc) is 1.44. The Morgan fingerprint density at radius 1 is 0.923 bits per heavy atom. The topological polar surface area (TPSA) is 34.1 Å². The van der Waals surface area contributed by atoms with E-state index in [2.05, 4.69) is 39.3 Å². The smallest absolute Gasteiger partial charge is 0.213 e. The molecule has 0 aliphatic heterocycles. The number of hydrogen-bond acceptors (Lipinski definition) is 2. The predicted octanol–water partition coefficient (Wildman–Crippen LogP) is 2.68. The van der Waals surface area contributed by atoms with Gasteiger partial charge in [0.15, 0.2) is 0 Å². The molecule has 13 heavy (non-hydrogen) atoms. The van der Waals surface area contributed by atoms with Crippen LogP contribution in [0.5, 0.6) is 0 Å². The summed E-state index contributed by atoms with van der Waals surface area (Å²) < 4.78 is 22.7. The fourth-order valence-electron chi connectivity index (χ4n) is 2.14. The first kappa shape index (κ1) is 13.7. The molecular weight excluding hydrogens is 240 g/mol. The van der Waals surface area contributed by atoms with Gasteiger partial charge < -0.3 is 0 Å². The highest BCUT2D eigenvalue weighted by Gasteiger charge is 2.45. The van der Waals surface area contributed by atoms with E-state index >= 15 is 0 Å². The monoisotopic (exact) mass is 258 g/mol. The minimum Gasteiger partial charge on any atom is -0.213 e. The molecular formula is C7H19ClO2SSi2. The van der Waals surface area contributed by atoms with E-state index in [9.17, 15) is 8.42 Å². The van der Waals surface area contributed by atoms with Crippen molar-refractivity contribution < 1.29 is 8.42 Å². The Bertz CT molecular complexity index is 260. The molecule has 0 rings (SSSR count). The molecule has 0 bridgehead atoms. The molecule has 0 heterocycles. The molecule has 0 aliphatic carbocycles. The Kier molecular flexibility index (Phi) is 3.87. The first-order valence-electron chi connectivity index (χ1n) is 4.30. The van der Waals surface area contributed by atoms with Gasteiger partial charge in [0.05, 0.1) is 20.6 Å². The van der Waals surface area contributed by atoms with E-state index in [4.69, 9.17) is 10.7 Å². The fraction of sp³-hybridized carbons (Fsp3) is 1.00. The average molecular weight is 259 g/mol. The molecule has 0 saturated heterocycles. The van der Waals surface area contributed by atoms with Gasteiger partial charge in [-0.25, -0.2) is 8.42 Å². The molecule has 0 N–H and O–H groups in total. The van der Waals surface area contributed by atoms with Crippen LogP contribution in [0, 0.1) is 0 Å². The summed E-state index contributed by atoms with van der Waals surface area (Å²) in [5.41, 5.74) is 0. The molecule has 0 aromatic rings. The van der Waals surface area contributed by atoms with Gasteiger partial charge >= 0.3 is 0 Å². The lowest BCUT2D eigenvalue weighted by Crippen LogP contribution is -2.56. The standard InChI is InChI=1S/C7H19ClO2SSi2/c1-12(2,3)7(11(8,9)10)13(4,5)6/h7H,1-6H3. The summed E-state index contributed by atoms with van der Waals surface area (Å²) in [6.45, 7) is 12.4. The van der Waals surface area contributed by atoms with Crippen LogP contribution in [-0.4, -0.2) is 29.1 Å². The maximum atomic E-state index is 11.5. The lowest BCUT2D eigenvalue weighted by molar-refractivity contribution is 0.610. The Hall–Kier alpha value is 0.674. The van der Waals surface area contributed by atoms with E-state index in [1.807, 2.05) is 0 Å². The summed E-state index contributed by atoms with van der Waals surface area (Å²) in [4.78, 5) is 0. The van der Waals surface area contributed by atoms with Gasteiger partial charge in [0.1, 0.15) is 0 Å². The van der Waals surface area contributed by atoms with Crippen molar-refractivity contribution in [2.45, 2.75) is 43.8 Å². The van der Waals surface area contributed by atoms with E-state index < -0.39 is 25.2 Å². The molecule has 0 saturated carbocycles. The summed E-state index contributed by atoms with van der Waals surface area (Å²) in [6, 6.07) is 0. The van der Waals surface area contributed by atoms with Gasteiger partial charge in [-0.05, 0) is 0 Å². The lowest BCUT2D eigenvalue weighted by atomic mass is 11.7. The molecule has 0 aromatic carbocycles. The van der Waals surface area contributed by atoms with E-state index in [0.29, 0.717) is 0 Å². The van der Waals surface area contributed by atoms with Gasteiger partial charge in [0, 0.05) is 10.7 Å². The maximum Gasteiger partial charge on any atom is 0.230 e. The second-order valence-electron chi connectivity index (χ2n) is 5.59. The third-order valence-electron chi connectivity index (χ3n) is 1.85. The summed E-state index contributed by atoms with van der Waals surface area (Å²) >= 11 is 0.